The summed E-state index contributed by atoms with van der Waals surface area (Å²) < 4.78 is 6.13. The summed E-state index contributed by atoms with van der Waals surface area (Å²) in [6.07, 6.45) is 14.9. The van der Waals surface area contributed by atoms with E-state index in [4.69, 9.17) is 4.74 Å². The van der Waals surface area contributed by atoms with Crippen LogP contribution in [0.15, 0.2) is 47.1 Å². The second-order valence-electron chi connectivity index (χ2n) is 10.2. The molecule has 0 saturated heterocycles. The molecule has 0 heterocycles. The van der Waals surface area contributed by atoms with Crippen LogP contribution in [0, 0.1) is 11.3 Å². The van der Waals surface area contributed by atoms with Crippen LogP contribution in [0.2, 0.25) is 0 Å². The van der Waals surface area contributed by atoms with Crippen molar-refractivity contribution in [3.63, 3.8) is 0 Å². The van der Waals surface area contributed by atoms with Gasteiger partial charge >= 0.3 is 0 Å². The molecule has 3 nitrogen and oxygen atoms in total. The van der Waals surface area contributed by atoms with Crippen molar-refractivity contribution in [1.29, 1.82) is 0 Å². The number of rotatable bonds is 6. The van der Waals surface area contributed by atoms with E-state index in [9.17, 15) is 10.2 Å². The van der Waals surface area contributed by atoms with E-state index in [2.05, 4.69) is 38.7 Å². The lowest BCUT2D eigenvalue weighted by Gasteiger charge is -2.42. The molecule has 2 N–H and O–H groups in total. The quantitative estimate of drug-likeness (QED) is 0.463. The maximum atomic E-state index is 10.1. The van der Waals surface area contributed by atoms with Crippen molar-refractivity contribution in [2.45, 2.75) is 111 Å². The summed E-state index contributed by atoms with van der Waals surface area (Å²) in [5, 5.41) is 20.0. The van der Waals surface area contributed by atoms with Crippen molar-refractivity contribution in [2.75, 3.05) is 6.61 Å². The zero-order valence-corrected chi connectivity index (χ0v) is 20.8. The zero-order chi connectivity index (χ0) is 23.2. The number of ether oxygens (including phenoxy) is 1. The molecule has 3 rings (SSSR count). The summed E-state index contributed by atoms with van der Waals surface area (Å²) in [4.78, 5) is 0. The third kappa shape index (κ3) is 6.43. The number of aliphatic hydroxyl groups excluding tert-OH is 1. The lowest BCUT2D eigenvalue weighted by molar-refractivity contribution is 0.00739. The van der Waals surface area contributed by atoms with Gasteiger partial charge in [0, 0.05) is 0 Å². The van der Waals surface area contributed by atoms with Gasteiger partial charge in [0.2, 0.25) is 0 Å². The number of allylic oxidation sites excluding steroid dienone is 4. The fourth-order valence-corrected chi connectivity index (χ4v) is 5.49. The van der Waals surface area contributed by atoms with Crippen LogP contribution in [0.4, 0.5) is 0 Å². The van der Waals surface area contributed by atoms with E-state index in [-0.39, 0.29) is 17.6 Å². The number of hydrogen-bond acceptors (Lipinski definition) is 3. The smallest absolute Gasteiger partial charge is 0.0787 e. The van der Waals surface area contributed by atoms with Gasteiger partial charge < -0.3 is 14.9 Å². The maximum absolute atomic E-state index is 10.1. The molecule has 3 aliphatic rings. The fraction of sp³-hybridized carbons (Fsp3) is 0.714. The average molecular weight is 431 g/mol. The molecule has 0 bridgehead atoms. The van der Waals surface area contributed by atoms with E-state index >= 15 is 0 Å². The minimum absolute atomic E-state index is 0.0957. The van der Waals surface area contributed by atoms with E-state index in [0.29, 0.717) is 18.9 Å². The molecule has 0 radical (unpaired) electrons. The summed E-state index contributed by atoms with van der Waals surface area (Å²) in [6, 6.07) is 0. The normalized spacial score (nSPS) is 32.4. The highest BCUT2D eigenvalue weighted by atomic mass is 16.5. The minimum Gasteiger partial charge on any atom is -0.390 e. The molecule has 0 amide bonds. The Bertz CT molecular complexity index is 706. The zero-order valence-electron chi connectivity index (χ0n) is 20.8. The van der Waals surface area contributed by atoms with E-state index < -0.39 is 5.60 Å². The fourth-order valence-electron chi connectivity index (χ4n) is 5.49. The predicted octanol–water partition coefficient (Wildman–Crippen LogP) is 6.67. The molecule has 2 saturated carbocycles. The van der Waals surface area contributed by atoms with Gasteiger partial charge in [0.25, 0.3) is 0 Å². The number of aliphatic hydroxyl groups is 2. The molecule has 0 spiro atoms. The van der Waals surface area contributed by atoms with Crippen LogP contribution in [0.3, 0.4) is 0 Å². The third-order valence-electron chi connectivity index (χ3n) is 7.37. The summed E-state index contributed by atoms with van der Waals surface area (Å²) in [5.74, 6) is 0.546. The van der Waals surface area contributed by atoms with Gasteiger partial charge in [-0.2, -0.15) is 0 Å². The number of fused-ring (bicyclic) bond motifs is 1. The third-order valence-corrected chi connectivity index (χ3v) is 7.37. The van der Waals surface area contributed by atoms with Gasteiger partial charge in [0.1, 0.15) is 0 Å². The molecule has 3 heteroatoms. The molecule has 4 atom stereocenters. The Morgan fingerprint density at radius 3 is 2.65 bits per heavy atom. The van der Waals surface area contributed by atoms with Gasteiger partial charge in [0.05, 0.1) is 24.4 Å². The Morgan fingerprint density at radius 1 is 1.26 bits per heavy atom. The average Bonchev–Trinajstić information content (AvgIpc) is 3.07. The molecular weight excluding hydrogens is 384 g/mol. The lowest BCUT2D eigenvalue weighted by atomic mass is 9.63. The second-order valence-corrected chi connectivity index (χ2v) is 10.2. The molecule has 31 heavy (non-hydrogen) atoms. The van der Waals surface area contributed by atoms with Crippen LogP contribution in [0.1, 0.15) is 92.9 Å². The standard InChI is InChI=1S/C26H40O3.C2H6/c1-18-20(8-6-10-24(18)27)11-12-21-9-7-15-26(5)22(13-14-23(21)26)19(2)29-17-16-25(3,4)28;1-2/h11-13,19,23-24,27-28H,1,6-10,14-17H2,2-5H3;1-2H3/b20-11-,21-12+;. The van der Waals surface area contributed by atoms with E-state index in [1.807, 2.05) is 27.7 Å². The van der Waals surface area contributed by atoms with Gasteiger partial charge in [-0.1, -0.05) is 51.2 Å². The molecule has 3 aliphatic carbocycles. The van der Waals surface area contributed by atoms with Crippen molar-refractivity contribution in [2.24, 2.45) is 11.3 Å². The molecule has 2 fully saturated rings. The predicted molar refractivity (Wildman–Crippen MR) is 131 cm³/mol. The molecular formula is C28H46O3. The largest absolute Gasteiger partial charge is 0.390 e. The second kappa shape index (κ2) is 11.1. The maximum Gasteiger partial charge on any atom is 0.0787 e. The number of hydrogen-bond donors (Lipinski definition) is 2. The summed E-state index contributed by atoms with van der Waals surface area (Å²) in [5.41, 5.74) is 4.59. The highest BCUT2D eigenvalue weighted by Crippen LogP contribution is 2.55. The molecule has 0 aliphatic heterocycles. The Hall–Kier alpha value is -1.16. The first-order valence-corrected chi connectivity index (χ1v) is 12.4. The molecule has 0 aromatic heterocycles. The summed E-state index contributed by atoms with van der Waals surface area (Å²) in [6.45, 7) is 16.9. The van der Waals surface area contributed by atoms with Crippen LogP contribution in [0.25, 0.3) is 0 Å². The van der Waals surface area contributed by atoms with Crippen molar-refractivity contribution in [3.8, 4) is 0 Å². The Balaban J connectivity index is 0.00000166. The summed E-state index contributed by atoms with van der Waals surface area (Å²) in [7, 11) is 0. The Labute approximate surface area is 191 Å². The van der Waals surface area contributed by atoms with E-state index in [1.54, 1.807) is 0 Å². The first kappa shape index (κ1) is 26.1. The topological polar surface area (TPSA) is 49.7 Å². The van der Waals surface area contributed by atoms with Gasteiger partial charge in [-0.25, -0.2) is 0 Å². The van der Waals surface area contributed by atoms with E-state index in [1.165, 1.54) is 29.6 Å². The van der Waals surface area contributed by atoms with Gasteiger partial charge in [-0.3, -0.25) is 0 Å². The minimum atomic E-state index is -0.679. The lowest BCUT2D eigenvalue weighted by Crippen LogP contribution is -2.35. The summed E-state index contributed by atoms with van der Waals surface area (Å²) >= 11 is 0. The van der Waals surface area contributed by atoms with Gasteiger partial charge in [-0.05, 0) is 100 Å². The van der Waals surface area contributed by atoms with Crippen LogP contribution in [-0.4, -0.2) is 34.6 Å². The highest BCUT2D eigenvalue weighted by Gasteiger charge is 2.46. The van der Waals surface area contributed by atoms with Crippen LogP contribution < -0.4 is 0 Å². The van der Waals surface area contributed by atoms with Crippen molar-refractivity contribution in [1.82, 2.24) is 0 Å². The Morgan fingerprint density at radius 2 is 1.97 bits per heavy atom. The Kier molecular flexibility index (Phi) is 9.36. The molecule has 0 aromatic carbocycles. The molecule has 176 valence electrons. The monoisotopic (exact) mass is 430 g/mol. The van der Waals surface area contributed by atoms with Crippen molar-refractivity contribution < 1.29 is 14.9 Å². The first-order chi connectivity index (χ1) is 14.6. The molecule has 4 unspecified atom stereocenters. The van der Waals surface area contributed by atoms with E-state index in [0.717, 1.165) is 37.7 Å². The van der Waals surface area contributed by atoms with Crippen molar-refractivity contribution >= 4 is 0 Å². The van der Waals surface area contributed by atoms with Gasteiger partial charge in [0.15, 0.2) is 0 Å². The first-order valence-electron chi connectivity index (χ1n) is 12.4. The molecule has 0 aromatic rings. The van der Waals surface area contributed by atoms with Crippen LogP contribution in [-0.2, 0) is 4.74 Å². The van der Waals surface area contributed by atoms with Crippen LogP contribution in [0.5, 0.6) is 0 Å². The highest BCUT2D eigenvalue weighted by molar-refractivity contribution is 5.39. The van der Waals surface area contributed by atoms with Crippen LogP contribution >= 0.6 is 0 Å². The van der Waals surface area contributed by atoms with Gasteiger partial charge in [-0.15, -0.1) is 0 Å². The SMILES string of the molecule is C=C1/C(=C\C=C2/CCCC3(C)C(C(C)OCCC(C)(C)O)=CCC23)CCCC1O.CC. The van der Waals surface area contributed by atoms with Crippen molar-refractivity contribution in [3.05, 3.63) is 47.1 Å².